The first-order valence-corrected chi connectivity index (χ1v) is 14.7. The second kappa shape index (κ2) is 22.2. The number of halogens is 14. The molecule has 0 radical (unpaired) electrons. The number of carbonyl (C=O) groups is 1. The molecule has 0 unspecified atom stereocenters. The molecule has 4 aromatic rings. The Kier molecular flexibility index (Phi) is 21.3. The van der Waals surface area contributed by atoms with E-state index in [4.69, 9.17) is 44.6 Å². The van der Waals surface area contributed by atoms with Gasteiger partial charge in [-0.25, -0.2) is 26.7 Å². The SMILES string of the molecule is C.C.C.CCCc1ccc(-c2cc(F)c(C(=O)Oc3cc(F)c(OC(F)(F)F)c(F)c3)c(Cl)c2)cc1.ClCCl.Oc1cc(F)c(OC(F)(F)F)c(F)c1. The molecular formula is C34H32Cl3F11O5. The molecule has 0 saturated heterocycles. The topological polar surface area (TPSA) is 65.0 Å². The van der Waals surface area contributed by atoms with Crippen LogP contribution in [-0.4, -0.2) is 29.1 Å². The van der Waals surface area contributed by atoms with Gasteiger partial charge < -0.3 is 19.3 Å². The number of aromatic hydroxyl groups is 1. The number of phenolic OH excluding ortho intramolecular Hbond substituents is 1. The normalized spacial score (nSPS) is 10.5. The van der Waals surface area contributed by atoms with E-state index in [-0.39, 0.29) is 32.6 Å². The molecule has 0 aliphatic heterocycles. The maximum atomic E-state index is 14.7. The van der Waals surface area contributed by atoms with E-state index >= 15 is 0 Å². The predicted octanol–water partition coefficient (Wildman–Crippen LogP) is 13.4. The molecule has 296 valence electrons. The van der Waals surface area contributed by atoms with E-state index in [1.807, 2.05) is 19.1 Å². The fraction of sp³-hybridized carbons (Fsp3) is 0.265. The molecule has 0 atom stereocenters. The maximum Gasteiger partial charge on any atom is 0.573 e. The summed E-state index contributed by atoms with van der Waals surface area (Å²) in [4.78, 5) is 12.4. The van der Waals surface area contributed by atoms with Gasteiger partial charge in [-0.05, 0) is 35.2 Å². The summed E-state index contributed by atoms with van der Waals surface area (Å²) in [6, 6.07) is 10.9. The second-order valence-electron chi connectivity index (χ2n) is 9.30. The van der Waals surface area contributed by atoms with Crippen LogP contribution in [0.5, 0.6) is 23.0 Å². The van der Waals surface area contributed by atoms with Gasteiger partial charge in [-0.15, -0.1) is 49.5 Å². The van der Waals surface area contributed by atoms with Crippen LogP contribution in [0.4, 0.5) is 48.3 Å². The van der Waals surface area contributed by atoms with Gasteiger partial charge in [-0.1, -0.05) is 71.5 Å². The summed E-state index contributed by atoms with van der Waals surface area (Å²) < 4.78 is 150. The monoisotopic (exact) mass is 834 g/mol. The summed E-state index contributed by atoms with van der Waals surface area (Å²) in [6.07, 6.45) is -8.68. The van der Waals surface area contributed by atoms with Crippen LogP contribution in [-0.2, 0) is 6.42 Å². The molecule has 0 aliphatic carbocycles. The lowest BCUT2D eigenvalue weighted by Gasteiger charge is -2.13. The van der Waals surface area contributed by atoms with Crippen LogP contribution in [0.15, 0.2) is 60.7 Å². The van der Waals surface area contributed by atoms with Gasteiger partial charge in [0.2, 0.25) is 11.5 Å². The highest BCUT2D eigenvalue weighted by Gasteiger charge is 2.35. The van der Waals surface area contributed by atoms with Crippen molar-refractivity contribution in [3.8, 4) is 34.1 Å². The Hall–Kier alpha value is -4.15. The predicted molar refractivity (Wildman–Crippen MR) is 180 cm³/mol. The van der Waals surface area contributed by atoms with Crippen molar-refractivity contribution in [3.63, 3.8) is 0 Å². The van der Waals surface area contributed by atoms with Gasteiger partial charge in [-0.2, -0.15) is 0 Å². The van der Waals surface area contributed by atoms with E-state index in [1.165, 1.54) is 6.07 Å². The summed E-state index contributed by atoms with van der Waals surface area (Å²) in [5.41, 5.74) is 1.40. The Bertz CT molecular complexity index is 1700. The third-order valence-corrected chi connectivity index (χ3v) is 5.97. The highest BCUT2D eigenvalue weighted by Crippen LogP contribution is 2.34. The Morgan fingerprint density at radius 3 is 1.47 bits per heavy atom. The molecule has 0 bridgehead atoms. The number of carbonyl (C=O) groups excluding carboxylic acids is 1. The summed E-state index contributed by atoms with van der Waals surface area (Å²) in [5, 5.41) is 8.47. The summed E-state index contributed by atoms with van der Waals surface area (Å²) in [5.74, 6) is -14.2. The molecular weight excluding hydrogens is 804 g/mol. The number of ether oxygens (including phenoxy) is 3. The highest BCUT2D eigenvalue weighted by molar-refractivity contribution is 6.40. The first kappa shape index (κ1) is 51.0. The number of phenols is 1. The highest BCUT2D eigenvalue weighted by atomic mass is 35.5. The molecule has 0 aromatic heterocycles. The van der Waals surface area contributed by atoms with Crippen LogP contribution in [0, 0.1) is 29.1 Å². The van der Waals surface area contributed by atoms with E-state index < -0.39 is 76.3 Å². The average Bonchev–Trinajstić information content (AvgIpc) is 2.97. The summed E-state index contributed by atoms with van der Waals surface area (Å²) in [6.45, 7) is 2.04. The first-order valence-electron chi connectivity index (χ1n) is 13.3. The summed E-state index contributed by atoms with van der Waals surface area (Å²) >= 11 is 15.6. The van der Waals surface area contributed by atoms with Crippen molar-refractivity contribution in [2.45, 2.75) is 54.8 Å². The van der Waals surface area contributed by atoms with E-state index in [0.717, 1.165) is 24.5 Å². The molecule has 4 rings (SSSR count). The van der Waals surface area contributed by atoms with Crippen molar-refractivity contribution in [3.05, 3.63) is 106 Å². The van der Waals surface area contributed by atoms with Crippen molar-refractivity contribution < 1.29 is 72.4 Å². The summed E-state index contributed by atoms with van der Waals surface area (Å²) in [7, 11) is 0. The minimum atomic E-state index is -5.34. The van der Waals surface area contributed by atoms with Gasteiger partial charge in [0, 0.05) is 24.3 Å². The lowest BCUT2D eigenvalue weighted by atomic mass is 10.0. The van der Waals surface area contributed by atoms with E-state index in [1.54, 1.807) is 12.1 Å². The molecule has 0 fully saturated rings. The lowest BCUT2D eigenvalue weighted by molar-refractivity contribution is -0.277. The quantitative estimate of drug-likeness (QED) is 0.0869. The van der Waals surface area contributed by atoms with Gasteiger partial charge in [0.25, 0.3) is 0 Å². The molecule has 0 saturated carbocycles. The second-order valence-corrected chi connectivity index (χ2v) is 10.5. The number of hydrogen-bond donors (Lipinski definition) is 1. The molecule has 1 N–H and O–H groups in total. The minimum Gasteiger partial charge on any atom is -0.508 e. The molecule has 19 heteroatoms. The van der Waals surface area contributed by atoms with Crippen LogP contribution in [0.3, 0.4) is 0 Å². The van der Waals surface area contributed by atoms with Crippen LogP contribution in [0.2, 0.25) is 5.02 Å². The van der Waals surface area contributed by atoms with Gasteiger partial charge in [-0.3, -0.25) is 0 Å². The molecule has 0 amide bonds. The van der Waals surface area contributed by atoms with E-state index in [2.05, 4.69) is 9.47 Å². The van der Waals surface area contributed by atoms with Crippen molar-refractivity contribution in [2.75, 3.05) is 5.34 Å². The van der Waals surface area contributed by atoms with Crippen LogP contribution in [0.25, 0.3) is 11.1 Å². The Morgan fingerprint density at radius 1 is 0.679 bits per heavy atom. The van der Waals surface area contributed by atoms with E-state index in [0.29, 0.717) is 35.4 Å². The number of hydrogen-bond acceptors (Lipinski definition) is 5. The standard InChI is InChI=1S/C23H15ClF6O3.C7H3F5O2.CH2Cl2.3CH4/c1-2-3-12-4-6-13(7-5-12)14-8-16(24)20(17(25)9-14)22(31)32-15-10-18(26)21(19(27)11-15)33-23(28,29)30;8-4-1-3(13)2-5(9)6(4)14-7(10,11)12;2-1-3;;;/h4-11H,2-3H2,1H3;1-2,13H;1H2;3*1H4. The van der Waals surface area contributed by atoms with Crippen LogP contribution >= 0.6 is 34.8 Å². The zero-order valence-electron chi connectivity index (χ0n) is 24.8. The molecule has 5 nitrogen and oxygen atoms in total. The number of rotatable bonds is 7. The maximum absolute atomic E-state index is 14.7. The smallest absolute Gasteiger partial charge is 0.508 e. The average molecular weight is 836 g/mol. The van der Waals surface area contributed by atoms with Crippen molar-refractivity contribution in [1.82, 2.24) is 0 Å². The fourth-order valence-electron chi connectivity index (χ4n) is 3.81. The van der Waals surface area contributed by atoms with Crippen molar-refractivity contribution >= 4 is 40.8 Å². The van der Waals surface area contributed by atoms with Gasteiger partial charge >= 0.3 is 18.7 Å². The third kappa shape index (κ3) is 16.2. The fourth-order valence-corrected chi connectivity index (χ4v) is 4.10. The Balaban J connectivity index is 0. The molecule has 53 heavy (non-hydrogen) atoms. The number of aryl methyl sites for hydroxylation is 1. The molecule has 0 aliphatic rings. The van der Waals surface area contributed by atoms with Crippen LogP contribution < -0.4 is 14.2 Å². The largest absolute Gasteiger partial charge is 0.573 e. The Labute approximate surface area is 312 Å². The van der Waals surface area contributed by atoms with Crippen molar-refractivity contribution in [2.24, 2.45) is 0 Å². The first-order chi connectivity index (χ1) is 23.2. The number of alkyl halides is 8. The van der Waals surface area contributed by atoms with E-state index in [9.17, 15) is 53.1 Å². The molecule has 0 heterocycles. The molecule has 4 aromatic carbocycles. The minimum absolute atomic E-state index is 0. The van der Waals surface area contributed by atoms with Crippen molar-refractivity contribution in [1.29, 1.82) is 0 Å². The zero-order valence-corrected chi connectivity index (χ0v) is 27.0. The molecule has 0 spiro atoms. The van der Waals surface area contributed by atoms with Crippen LogP contribution in [0.1, 0.15) is 51.5 Å². The number of esters is 1. The lowest BCUT2D eigenvalue weighted by Crippen LogP contribution is -2.19. The third-order valence-electron chi connectivity index (χ3n) is 5.67. The Morgan fingerprint density at radius 2 is 1.09 bits per heavy atom. The van der Waals surface area contributed by atoms with Gasteiger partial charge in [0.1, 0.15) is 22.9 Å². The zero-order chi connectivity index (χ0) is 38.0. The van der Waals surface area contributed by atoms with Gasteiger partial charge in [0.05, 0.1) is 10.4 Å². The number of benzene rings is 4. The van der Waals surface area contributed by atoms with Gasteiger partial charge in [0.15, 0.2) is 23.3 Å².